The highest BCUT2D eigenvalue weighted by Gasteiger charge is 2.26. The summed E-state index contributed by atoms with van der Waals surface area (Å²) in [6.07, 6.45) is 5.77. The topological polar surface area (TPSA) is 57.0 Å². The standard InChI is InChI=1S/C23H23N3O2S/c1-23(2,3)28-22(27)26-16-10-6-4-8-14(16)12-17(26)20-19-15-9-5-7-11-18(15)29-21(19)25-13-24-20/h4,6,8,10,12-13H,5,7,9,11H2,1-3H3. The van der Waals surface area contributed by atoms with E-state index in [9.17, 15) is 4.79 Å². The molecule has 0 aliphatic heterocycles. The zero-order chi connectivity index (χ0) is 20.2. The van der Waals surface area contributed by atoms with Gasteiger partial charge in [0.05, 0.1) is 16.9 Å². The number of para-hydroxylation sites is 1. The molecule has 3 heterocycles. The molecule has 148 valence electrons. The number of aromatic nitrogens is 3. The smallest absolute Gasteiger partial charge is 0.419 e. The van der Waals surface area contributed by atoms with Crippen molar-refractivity contribution in [3.63, 3.8) is 0 Å². The summed E-state index contributed by atoms with van der Waals surface area (Å²) in [4.78, 5) is 24.8. The zero-order valence-electron chi connectivity index (χ0n) is 16.9. The Kier molecular flexibility index (Phi) is 4.21. The van der Waals surface area contributed by atoms with Crippen LogP contribution >= 0.6 is 11.3 Å². The van der Waals surface area contributed by atoms with E-state index in [4.69, 9.17) is 4.74 Å². The molecule has 5 nitrogen and oxygen atoms in total. The molecule has 4 aromatic rings. The molecular formula is C23H23N3O2S. The van der Waals surface area contributed by atoms with Gasteiger partial charge in [0.15, 0.2) is 0 Å². The minimum Gasteiger partial charge on any atom is -0.443 e. The maximum absolute atomic E-state index is 13.2. The van der Waals surface area contributed by atoms with E-state index in [1.54, 1.807) is 22.2 Å². The summed E-state index contributed by atoms with van der Waals surface area (Å²) >= 11 is 1.76. The first-order valence-corrected chi connectivity index (χ1v) is 10.8. The van der Waals surface area contributed by atoms with Crippen LogP contribution in [0.2, 0.25) is 0 Å². The monoisotopic (exact) mass is 405 g/mol. The Balaban J connectivity index is 1.79. The van der Waals surface area contributed by atoms with Gasteiger partial charge in [-0.2, -0.15) is 0 Å². The Hall–Kier alpha value is -2.73. The largest absolute Gasteiger partial charge is 0.443 e. The van der Waals surface area contributed by atoms with E-state index >= 15 is 0 Å². The van der Waals surface area contributed by atoms with Crippen molar-refractivity contribution in [3.05, 3.63) is 47.1 Å². The van der Waals surface area contributed by atoms with Gasteiger partial charge in [-0.3, -0.25) is 0 Å². The number of benzene rings is 1. The molecule has 3 aromatic heterocycles. The third-order valence-electron chi connectivity index (χ3n) is 5.28. The van der Waals surface area contributed by atoms with Crippen molar-refractivity contribution in [2.24, 2.45) is 0 Å². The average molecular weight is 406 g/mol. The summed E-state index contributed by atoms with van der Waals surface area (Å²) < 4.78 is 7.40. The van der Waals surface area contributed by atoms with Gasteiger partial charge in [0.1, 0.15) is 16.8 Å². The number of ether oxygens (including phenoxy) is 1. The predicted molar refractivity (Wildman–Crippen MR) is 117 cm³/mol. The lowest BCUT2D eigenvalue weighted by molar-refractivity contribution is 0.0547. The number of fused-ring (bicyclic) bond motifs is 4. The molecule has 0 unspecified atom stereocenters. The van der Waals surface area contributed by atoms with Crippen molar-refractivity contribution in [3.8, 4) is 11.4 Å². The first-order valence-electron chi connectivity index (χ1n) is 10.0. The Labute approximate surface area is 173 Å². The summed E-state index contributed by atoms with van der Waals surface area (Å²) in [5.74, 6) is 0. The van der Waals surface area contributed by atoms with Crippen molar-refractivity contribution in [1.29, 1.82) is 0 Å². The molecule has 0 bridgehead atoms. The number of carbonyl (C=O) groups excluding carboxylic acids is 1. The van der Waals surface area contributed by atoms with Gasteiger partial charge in [-0.25, -0.2) is 19.3 Å². The average Bonchev–Trinajstić information content (AvgIpc) is 3.25. The Morgan fingerprint density at radius 2 is 1.93 bits per heavy atom. The van der Waals surface area contributed by atoms with Crippen molar-refractivity contribution < 1.29 is 9.53 Å². The SMILES string of the molecule is CC(C)(C)OC(=O)n1c(-c2ncnc3sc4c(c23)CCCC4)cc2ccccc21. The lowest BCUT2D eigenvalue weighted by atomic mass is 9.96. The highest BCUT2D eigenvalue weighted by Crippen LogP contribution is 2.40. The fourth-order valence-electron chi connectivity index (χ4n) is 4.12. The molecule has 0 amide bonds. The maximum atomic E-state index is 13.2. The molecule has 5 rings (SSSR count). The quantitative estimate of drug-likeness (QED) is 0.391. The van der Waals surface area contributed by atoms with Crippen LogP contribution in [0.3, 0.4) is 0 Å². The van der Waals surface area contributed by atoms with E-state index < -0.39 is 5.60 Å². The van der Waals surface area contributed by atoms with E-state index in [1.807, 2.05) is 51.1 Å². The second-order valence-corrected chi connectivity index (χ2v) is 9.60. The minimum atomic E-state index is -0.581. The van der Waals surface area contributed by atoms with Crippen LogP contribution in [0.5, 0.6) is 0 Å². The molecule has 0 radical (unpaired) electrons. The number of nitrogens with zero attached hydrogens (tertiary/aromatic N) is 3. The molecule has 0 saturated carbocycles. The van der Waals surface area contributed by atoms with E-state index in [0.29, 0.717) is 0 Å². The van der Waals surface area contributed by atoms with Crippen LogP contribution in [-0.2, 0) is 17.6 Å². The number of carbonyl (C=O) groups is 1. The molecule has 0 spiro atoms. The van der Waals surface area contributed by atoms with Crippen LogP contribution in [0, 0.1) is 0 Å². The van der Waals surface area contributed by atoms with E-state index in [0.717, 1.165) is 45.3 Å². The third-order valence-corrected chi connectivity index (χ3v) is 6.48. The molecule has 0 saturated heterocycles. The summed E-state index contributed by atoms with van der Waals surface area (Å²) in [7, 11) is 0. The first kappa shape index (κ1) is 18.3. The number of thiophene rings is 1. The second-order valence-electron chi connectivity index (χ2n) is 8.52. The molecule has 1 aliphatic carbocycles. The van der Waals surface area contributed by atoms with Crippen LogP contribution in [-0.4, -0.2) is 26.2 Å². The summed E-state index contributed by atoms with van der Waals surface area (Å²) in [6, 6.07) is 9.92. The van der Waals surface area contributed by atoms with Gasteiger partial charge in [0.25, 0.3) is 0 Å². The molecule has 0 N–H and O–H groups in total. The molecule has 0 fully saturated rings. The highest BCUT2D eigenvalue weighted by molar-refractivity contribution is 7.18. The van der Waals surface area contributed by atoms with E-state index in [2.05, 4.69) is 9.97 Å². The van der Waals surface area contributed by atoms with Crippen LogP contribution in [0.15, 0.2) is 36.7 Å². The van der Waals surface area contributed by atoms with Crippen LogP contribution in [0.1, 0.15) is 44.1 Å². The first-order chi connectivity index (χ1) is 13.9. The van der Waals surface area contributed by atoms with Crippen molar-refractivity contribution in [1.82, 2.24) is 14.5 Å². The van der Waals surface area contributed by atoms with Gasteiger partial charge < -0.3 is 4.74 Å². The number of hydrogen-bond acceptors (Lipinski definition) is 5. The zero-order valence-corrected chi connectivity index (χ0v) is 17.7. The van der Waals surface area contributed by atoms with Crippen molar-refractivity contribution in [2.45, 2.75) is 52.1 Å². The molecule has 0 atom stereocenters. The lowest BCUT2D eigenvalue weighted by Crippen LogP contribution is -2.27. The van der Waals surface area contributed by atoms with Gasteiger partial charge >= 0.3 is 6.09 Å². The fourth-order valence-corrected chi connectivity index (χ4v) is 5.35. The molecule has 1 aliphatic rings. The Morgan fingerprint density at radius 1 is 1.14 bits per heavy atom. The molecule has 29 heavy (non-hydrogen) atoms. The van der Waals surface area contributed by atoms with Crippen LogP contribution in [0.4, 0.5) is 4.79 Å². The molecular weight excluding hydrogens is 382 g/mol. The van der Waals surface area contributed by atoms with Crippen molar-refractivity contribution >= 4 is 38.5 Å². The Bertz CT molecular complexity index is 1250. The fraction of sp³-hybridized carbons (Fsp3) is 0.348. The minimum absolute atomic E-state index is 0.385. The number of rotatable bonds is 1. The summed E-state index contributed by atoms with van der Waals surface area (Å²) in [5, 5.41) is 2.09. The van der Waals surface area contributed by atoms with Gasteiger partial charge in [-0.05, 0) is 64.2 Å². The summed E-state index contributed by atoms with van der Waals surface area (Å²) in [5.41, 5.74) is 3.18. The number of hydrogen-bond donors (Lipinski definition) is 0. The number of aryl methyl sites for hydroxylation is 2. The lowest BCUT2D eigenvalue weighted by Gasteiger charge is -2.21. The van der Waals surface area contributed by atoms with Gasteiger partial charge in [0, 0.05) is 15.6 Å². The van der Waals surface area contributed by atoms with Crippen LogP contribution in [0.25, 0.3) is 32.5 Å². The third kappa shape index (κ3) is 3.12. The predicted octanol–water partition coefficient (Wildman–Crippen LogP) is 5.98. The Morgan fingerprint density at radius 3 is 2.76 bits per heavy atom. The normalized spacial score (nSPS) is 14.3. The van der Waals surface area contributed by atoms with Crippen molar-refractivity contribution in [2.75, 3.05) is 0 Å². The van der Waals surface area contributed by atoms with Gasteiger partial charge in [-0.15, -0.1) is 11.3 Å². The van der Waals surface area contributed by atoms with Crippen LogP contribution < -0.4 is 0 Å². The summed E-state index contributed by atoms with van der Waals surface area (Å²) in [6.45, 7) is 5.65. The highest BCUT2D eigenvalue weighted by atomic mass is 32.1. The van der Waals surface area contributed by atoms with E-state index in [-0.39, 0.29) is 6.09 Å². The maximum Gasteiger partial charge on any atom is 0.419 e. The molecule has 1 aromatic carbocycles. The second kappa shape index (κ2) is 6.66. The van der Waals surface area contributed by atoms with Gasteiger partial charge in [-0.1, -0.05) is 18.2 Å². The van der Waals surface area contributed by atoms with Gasteiger partial charge in [0.2, 0.25) is 0 Å². The van der Waals surface area contributed by atoms with E-state index in [1.165, 1.54) is 23.3 Å². The molecule has 6 heteroatoms.